The zero-order valence-electron chi connectivity index (χ0n) is 8.55. The monoisotopic (exact) mass is 211 g/mol. The highest BCUT2D eigenvalue weighted by Gasteiger charge is 2.15. The van der Waals surface area contributed by atoms with Gasteiger partial charge in [0.05, 0.1) is 0 Å². The van der Waals surface area contributed by atoms with Gasteiger partial charge in [-0.15, -0.1) is 0 Å². The molecule has 0 radical (unpaired) electrons. The van der Waals surface area contributed by atoms with Crippen molar-refractivity contribution < 1.29 is 8.78 Å². The van der Waals surface area contributed by atoms with E-state index < -0.39 is 6.43 Å². The van der Waals surface area contributed by atoms with Gasteiger partial charge in [-0.3, -0.25) is 0 Å². The summed E-state index contributed by atoms with van der Waals surface area (Å²) in [6.45, 7) is 2.14. The minimum atomic E-state index is -2.35. The molecule has 1 N–H and O–H groups in total. The van der Waals surface area contributed by atoms with E-state index in [1.807, 2.05) is 12.1 Å². The van der Waals surface area contributed by atoms with Crippen molar-refractivity contribution in [3.05, 3.63) is 35.4 Å². The van der Waals surface area contributed by atoms with Crippen LogP contribution in [-0.2, 0) is 6.42 Å². The highest BCUT2D eigenvalue weighted by molar-refractivity contribution is 5.23. The Kier molecular flexibility index (Phi) is 3.31. The highest BCUT2D eigenvalue weighted by atomic mass is 19.3. The number of hydrogen-bond acceptors (Lipinski definition) is 1. The Labute approximate surface area is 88.5 Å². The lowest BCUT2D eigenvalue weighted by Gasteiger charge is -2.08. The van der Waals surface area contributed by atoms with Crippen LogP contribution in [0.5, 0.6) is 0 Å². The Morgan fingerprint density at radius 3 is 2.53 bits per heavy atom. The van der Waals surface area contributed by atoms with Crippen molar-refractivity contribution in [2.24, 2.45) is 5.92 Å². The molecule has 1 aliphatic heterocycles. The number of rotatable bonds is 3. The van der Waals surface area contributed by atoms with Crippen LogP contribution in [0, 0.1) is 5.92 Å². The summed E-state index contributed by atoms with van der Waals surface area (Å²) >= 11 is 0. The first-order valence-corrected chi connectivity index (χ1v) is 5.33. The van der Waals surface area contributed by atoms with Crippen molar-refractivity contribution in [1.29, 1.82) is 0 Å². The third kappa shape index (κ3) is 2.75. The van der Waals surface area contributed by atoms with E-state index in [1.54, 1.807) is 0 Å². The minimum Gasteiger partial charge on any atom is -0.316 e. The third-order valence-corrected chi connectivity index (χ3v) is 2.92. The molecule has 1 saturated heterocycles. The van der Waals surface area contributed by atoms with Gasteiger partial charge in [0.1, 0.15) is 0 Å². The van der Waals surface area contributed by atoms with Crippen LogP contribution in [0.25, 0.3) is 0 Å². The van der Waals surface area contributed by atoms with Crippen LogP contribution < -0.4 is 5.32 Å². The lowest BCUT2D eigenvalue weighted by Crippen LogP contribution is -2.10. The standard InChI is InChI=1S/C12H15F2N/c13-12(14)11-3-1-9(2-4-11)7-10-5-6-15-8-10/h1-4,10,12,15H,5-8H2. The van der Waals surface area contributed by atoms with Crippen LogP contribution in [0.15, 0.2) is 24.3 Å². The van der Waals surface area contributed by atoms with Gasteiger partial charge in [-0.25, -0.2) is 8.78 Å². The van der Waals surface area contributed by atoms with Gasteiger partial charge in [-0.2, -0.15) is 0 Å². The van der Waals surface area contributed by atoms with E-state index in [0.717, 1.165) is 25.1 Å². The van der Waals surface area contributed by atoms with Crippen LogP contribution in [-0.4, -0.2) is 13.1 Å². The minimum absolute atomic E-state index is 0.114. The molecule has 1 aromatic carbocycles. The maximum atomic E-state index is 12.3. The topological polar surface area (TPSA) is 12.0 Å². The van der Waals surface area contributed by atoms with E-state index in [2.05, 4.69) is 5.32 Å². The number of benzene rings is 1. The highest BCUT2D eigenvalue weighted by Crippen LogP contribution is 2.21. The Balaban J connectivity index is 1.97. The van der Waals surface area contributed by atoms with E-state index in [-0.39, 0.29) is 5.56 Å². The molecule has 1 nitrogen and oxygen atoms in total. The van der Waals surface area contributed by atoms with Crippen LogP contribution in [0.4, 0.5) is 8.78 Å². The molecule has 0 amide bonds. The van der Waals surface area contributed by atoms with Crippen molar-refractivity contribution in [2.45, 2.75) is 19.3 Å². The Bertz CT molecular complexity index is 302. The first kappa shape index (κ1) is 10.6. The number of hydrogen-bond donors (Lipinski definition) is 1. The molecular weight excluding hydrogens is 196 g/mol. The van der Waals surface area contributed by atoms with Crippen LogP contribution >= 0.6 is 0 Å². The second-order valence-corrected chi connectivity index (χ2v) is 4.11. The molecule has 1 heterocycles. The summed E-state index contributed by atoms with van der Waals surface area (Å²) in [5.41, 5.74) is 1.27. The molecular formula is C12H15F2N. The number of nitrogens with one attached hydrogen (secondary N) is 1. The zero-order chi connectivity index (χ0) is 10.7. The Morgan fingerprint density at radius 2 is 2.00 bits per heavy atom. The second-order valence-electron chi connectivity index (χ2n) is 4.11. The van der Waals surface area contributed by atoms with Gasteiger partial charge in [0.2, 0.25) is 0 Å². The normalized spacial score (nSPS) is 21.1. The summed E-state index contributed by atoms with van der Waals surface area (Å²) in [5, 5.41) is 3.30. The van der Waals surface area contributed by atoms with Gasteiger partial charge in [0.15, 0.2) is 0 Å². The lowest BCUT2D eigenvalue weighted by atomic mass is 9.98. The molecule has 1 aromatic rings. The van der Waals surface area contributed by atoms with Crippen LogP contribution in [0.3, 0.4) is 0 Å². The fourth-order valence-corrected chi connectivity index (χ4v) is 2.02. The molecule has 0 saturated carbocycles. The largest absolute Gasteiger partial charge is 0.316 e. The molecule has 1 fully saturated rings. The molecule has 0 aromatic heterocycles. The van der Waals surface area contributed by atoms with E-state index in [9.17, 15) is 8.78 Å². The van der Waals surface area contributed by atoms with Crippen molar-refractivity contribution in [3.8, 4) is 0 Å². The number of halogens is 2. The van der Waals surface area contributed by atoms with Crippen LogP contribution in [0.1, 0.15) is 24.0 Å². The summed E-state index contributed by atoms with van der Waals surface area (Å²) < 4.78 is 24.6. The molecule has 1 unspecified atom stereocenters. The Morgan fingerprint density at radius 1 is 1.27 bits per heavy atom. The Hall–Kier alpha value is -0.960. The lowest BCUT2D eigenvalue weighted by molar-refractivity contribution is 0.151. The zero-order valence-corrected chi connectivity index (χ0v) is 8.55. The van der Waals surface area contributed by atoms with E-state index in [1.165, 1.54) is 18.6 Å². The van der Waals surface area contributed by atoms with Gasteiger partial charge in [0.25, 0.3) is 6.43 Å². The fraction of sp³-hybridized carbons (Fsp3) is 0.500. The van der Waals surface area contributed by atoms with Gasteiger partial charge in [-0.1, -0.05) is 24.3 Å². The summed E-state index contributed by atoms with van der Waals surface area (Å²) in [4.78, 5) is 0. The van der Waals surface area contributed by atoms with Gasteiger partial charge in [0, 0.05) is 5.56 Å². The molecule has 82 valence electrons. The quantitative estimate of drug-likeness (QED) is 0.810. The van der Waals surface area contributed by atoms with Crippen molar-refractivity contribution in [3.63, 3.8) is 0 Å². The summed E-state index contributed by atoms with van der Waals surface area (Å²) in [5.74, 6) is 0.669. The fourth-order valence-electron chi connectivity index (χ4n) is 2.02. The molecule has 15 heavy (non-hydrogen) atoms. The van der Waals surface area contributed by atoms with Crippen molar-refractivity contribution in [2.75, 3.05) is 13.1 Å². The SMILES string of the molecule is FC(F)c1ccc(CC2CCNC2)cc1. The molecule has 0 bridgehead atoms. The molecule has 2 rings (SSSR count). The predicted octanol–water partition coefficient (Wildman–Crippen LogP) is 2.78. The van der Waals surface area contributed by atoms with Gasteiger partial charge >= 0.3 is 0 Å². The molecule has 0 aliphatic carbocycles. The van der Waals surface area contributed by atoms with E-state index >= 15 is 0 Å². The average molecular weight is 211 g/mol. The maximum absolute atomic E-state index is 12.3. The van der Waals surface area contributed by atoms with E-state index in [4.69, 9.17) is 0 Å². The summed E-state index contributed by atoms with van der Waals surface area (Å²) in [7, 11) is 0. The summed E-state index contributed by atoms with van der Waals surface area (Å²) in [6.07, 6.45) is -0.167. The third-order valence-electron chi connectivity index (χ3n) is 2.92. The molecule has 1 aliphatic rings. The maximum Gasteiger partial charge on any atom is 0.263 e. The average Bonchev–Trinajstić information content (AvgIpc) is 2.71. The van der Waals surface area contributed by atoms with Crippen LogP contribution in [0.2, 0.25) is 0 Å². The molecule has 1 atom stereocenters. The first-order valence-electron chi connectivity index (χ1n) is 5.33. The second kappa shape index (κ2) is 4.71. The molecule has 0 spiro atoms. The number of alkyl halides is 2. The van der Waals surface area contributed by atoms with Crippen molar-refractivity contribution >= 4 is 0 Å². The molecule has 3 heteroatoms. The first-order chi connectivity index (χ1) is 7.25. The predicted molar refractivity (Wildman–Crippen MR) is 56.1 cm³/mol. The van der Waals surface area contributed by atoms with E-state index in [0.29, 0.717) is 5.92 Å². The van der Waals surface area contributed by atoms with Gasteiger partial charge < -0.3 is 5.32 Å². The van der Waals surface area contributed by atoms with Crippen molar-refractivity contribution in [1.82, 2.24) is 5.32 Å². The smallest absolute Gasteiger partial charge is 0.263 e. The summed E-state index contributed by atoms with van der Waals surface area (Å²) in [6, 6.07) is 6.70. The van der Waals surface area contributed by atoms with Gasteiger partial charge in [-0.05, 0) is 37.4 Å².